The molecule has 0 spiro atoms. The normalized spacial score (nSPS) is 10.1. The molecule has 2 aromatic heterocycles. The van der Waals surface area contributed by atoms with Gasteiger partial charge in [-0.15, -0.1) is 23.2 Å². The van der Waals surface area contributed by atoms with Gasteiger partial charge in [0.1, 0.15) is 31.8 Å². The maximum absolute atomic E-state index is 9.75. The summed E-state index contributed by atoms with van der Waals surface area (Å²) < 4.78 is 39.0. The number of alkyl halides is 2. The van der Waals surface area contributed by atoms with E-state index in [1.54, 1.807) is 12.4 Å². The van der Waals surface area contributed by atoms with E-state index in [-0.39, 0.29) is 22.4 Å². The molecule has 304 valence electrons. The number of rotatable bonds is 7. The quantitative estimate of drug-likeness (QED) is 0.0689. The van der Waals surface area contributed by atoms with Crippen LogP contribution in [0.2, 0.25) is 0 Å². The van der Waals surface area contributed by atoms with Crippen molar-refractivity contribution in [3.8, 4) is 11.4 Å². The second-order valence-electron chi connectivity index (χ2n) is 12.0. The Hall–Kier alpha value is -4.64. The number of hydrogen-bond donors (Lipinski definition) is 0. The van der Waals surface area contributed by atoms with Crippen LogP contribution < -0.4 is 31.8 Å². The van der Waals surface area contributed by atoms with Crippen molar-refractivity contribution in [3.05, 3.63) is 231 Å². The molecule has 0 aliphatic heterocycles. The molecule has 12 heteroatoms. The van der Waals surface area contributed by atoms with Crippen molar-refractivity contribution in [3.63, 3.8) is 0 Å². The number of hydrogen-bond acceptors (Lipinski definition) is 2. The van der Waals surface area contributed by atoms with Crippen molar-refractivity contribution >= 4 is 78.1 Å². The minimum Gasteiger partial charge on any atom is -0.418 e. The van der Waals surface area contributed by atoms with E-state index in [9.17, 15) is 17.3 Å². The maximum Gasteiger partial charge on any atom is 1.00 e. The van der Waals surface area contributed by atoms with E-state index in [0.29, 0.717) is 0 Å². The molecule has 0 aliphatic carbocycles. The van der Waals surface area contributed by atoms with Gasteiger partial charge in [0.15, 0.2) is 0 Å². The van der Waals surface area contributed by atoms with Crippen LogP contribution in [0.4, 0.5) is 17.3 Å². The first kappa shape index (κ1) is 48.7. The Morgan fingerprint density at radius 1 is 0.339 bits per heavy atom. The molecule has 0 unspecified atom stereocenters. The Morgan fingerprint density at radius 3 is 0.661 bits per heavy atom. The second kappa shape index (κ2) is 27.9. The topological polar surface area (TPSA) is 25.8 Å². The van der Waals surface area contributed by atoms with Crippen LogP contribution >= 0.6 is 39.0 Å². The third-order valence-corrected chi connectivity index (χ3v) is 13.4. The summed E-state index contributed by atoms with van der Waals surface area (Å²) in [6, 6.07) is 76.6. The van der Waals surface area contributed by atoms with Gasteiger partial charge in [0, 0.05) is 12.4 Å². The molecular formula is C47H42BCl2CuF4N2P2+2. The van der Waals surface area contributed by atoms with Crippen LogP contribution in [0, 0.1) is 0 Å². The first-order chi connectivity index (χ1) is 28.3. The molecule has 0 aliphatic rings. The minimum atomic E-state index is -6.00. The SMILES string of the molecule is ClCCl.F[B-](F)(F)F.[Cu+].c1ccc(-c2ccccn2)nc1.c1ccc([PH+](c2ccccc2)c2ccccc2)cc1.c1ccc([PH+](c2ccccc2)c2ccccc2)cc1. The van der Waals surface area contributed by atoms with Crippen LogP contribution in [0.25, 0.3) is 11.4 Å². The molecule has 2 heterocycles. The second-order valence-corrected chi connectivity index (χ2v) is 17.7. The summed E-state index contributed by atoms with van der Waals surface area (Å²) >= 11 is 9.53. The molecule has 0 bridgehead atoms. The van der Waals surface area contributed by atoms with Crippen LogP contribution in [0.5, 0.6) is 0 Å². The Kier molecular flexibility index (Phi) is 23.1. The van der Waals surface area contributed by atoms with E-state index in [4.69, 9.17) is 23.2 Å². The monoisotopic (exact) mass is 916 g/mol. The van der Waals surface area contributed by atoms with Gasteiger partial charge in [0.05, 0.1) is 32.6 Å². The van der Waals surface area contributed by atoms with Crippen molar-refractivity contribution in [1.29, 1.82) is 0 Å². The summed E-state index contributed by atoms with van der Waals surface area (Å²) in [5.41, 5.74) is 1.83. The Balaban J connectivity index is 0.000000219. The summed E-state index contributed by atoms with van der Waals surface area (Å²) in [4.78, 5) is 8.37. The van der Waals surface area contributed by atoms with Gasteiger partial charge >= 0.3 is 24.3 Å². The van der Waals surface area contributed by atoms with Crippen molar-refractivity contribution in [1.82, 2.24) is 9.97 Å². The molecule has 2 nitrogen and oxygen atoms in total. The molecule has 8 rings (SSSR count). The van der Waals surface area contributed by atoms with Crippen molar-refractivity contribution < 1.29 is 34.3 Å². The fourth-order valence-corrected chi connectivity index (χ4v) is 10.8. The minimum absolute atomic E-state index is 0. The number of aromatic nitrogens is 2. The summed E-state index contributed by atoms with van der Waals surface area (Å²) in [7, 11) is -7.75. The Labute approximate surface area is 367 Å². The zero-order valence-electron chi connectivity index (χ0n) is 31.7. The first-order valence-corrected chi connectivity index (χ1v) is 22.2. The van der Waals surface area contributed by atoms with Gasteiger partial charge in [-0.2, -0.15) is 0 Å². The summed E-state index contributed by atoms with van der Waals surface area (Å²) in [5.74, 6) is 0. The molecule has 0 radical (unpaired) electrons. The molecule has 0 fully saturated rings. The van der Waals surface area contributed by atoms with Crippen LogP contribution in [-0.2, 0) is 17.1 Å². The predicted octanol–water partition coefficient (Wildman–Crippen LogP) is 11.2. The van der Waals surface area contributed by atoms with E-state index < -0.39 is 23.1 Å². The van der Waals surface area contributed by atoms with Crippen LogP contribution in [0.1, 0.15) is 0 Å². The third-order valence-electron chi connectivity index (χ3n) is 7.97. The first-order valence-electron chi connectivity index (χ1n) is 18.2. The number of benzene rings is 6. The van der Waals surface area contributed by atoms with Gasteiger partial charge in [-0.3, -0.25) is 9.97 Å². The molecule has 0 saturated heterocycles. The molecule has 0 amide bonds. The summed E-state index contributed by atoms with van der Waals surface area (Å²) in [5, 5.41) is 8.81. The van der Waals surface area contributed by atoms with Gasteiger partial charge in [-0.05, 0) is 97.1 Å². The summed E-state index contributed by atoms with van der Waals surface area (Å²) in [6.07, 6.45) is 3.54. The average Bonchev–Trinajstić information content (AvgIpc) is 3.27. The largest absolute Gasteiger partial charge is 1.00 e. The van der Waals surface area contributed by atoms with Crippen LogP contribution in [-0.4, -0.2) is 22.6 Å². The van der Waals surface area contributed by atoms with Gasteiger partial charge in [0.2, 0.25) is 0 Å². The van der Waals surface area contributed by atoms with Gasteiger partial charge in [0.25, 0.3) is 0 Å². The predicted molar refractivity (Wildman–Crippen MR) is 247 cm³/mol. The molecule has 0 atom stereocenters. The smallest absolute Gasteiger partial charge is 0.418 e. The third kappa shape index (κ3) is 18.4. The van der Waals surface area contributed by atoms with E-state index in [0.717, 1.165) is 11.4 Å². The van der Waals surface area contributed by atoms with Crippen molar-refractivity contribution in [2.75, 3.05) is 5.34 Å². The number of nitrogens with zero attached hydrogens (tertiary/aromatic N) is 2. The average molecular weight is 918 g/mol. The van der Waals surface area contributed by atoms with Crippen LogP contribution in [0.15, 0.2) is 231 Å². The van der Waals surface area contributed by atoms with Gasteiger partial charge < -0.3 is 17.3 Å². The van der Waals surface area contributed by atoms with Crippen molar-refractivity contribution in [2.24, 2.45) is 0 Å². The summed E-state index contributed by atoms with van der Waals surface area (Å²) in [6.45, 7) is 0. The Bertz CT molecular complexity index is 1880. The molecule has 0 N–H and O–H groups in total. The fraction of sp³-hybridized carbons (Fsp3) is 0.0213. The zero-order chi connectivity index (χ0) is 41.3. The zero-order valence-corrected chi connectivity index (χ0v) is 36.1. The molecule has 59 heavy (non-hydrogen) atoms. The van der Waals surface area contributed by atoms with Crippen LogP contribution in [0.3, 0.4) is 0 Å². The number of pyridine rings is 2. The standard InChI is InChI=1S/2C18H15P.C10H8N2.CH2Cl2.BF4.Cu/c2*1-4-10-16(11-5-1)19(17-12-6-2-7-13-17)18-14-8-3-9-15-18;1-3-7-11-9(5-1)10-6-2-4-8-12-10;2-1-3;2-1(3,4)5;/h2*1-15H;1-8H;1H2;;/q;;;;-1;+1/p+2. The number of halogens is 6. The van der Waals surface area contributed by atoms with E-state index in [2.05, 4.69) is 192 Å². The van der Waals surface area contributed by atoms with E-state index in [1.165, 1.54) is 31.8 Å². The van der Waals surface area contributed by atoms with E-state index >= 15 is 0 Å². The maximum atomic E-state index is 9.75. The van der Waals surface area contributed by atoms with Gasteiger partial charge in [-0.1, -0.05) is 121 Å². The molecule has 8 aromatic rings. The molecule has 0 saturated carbocycles. The van der Waals surface area contributed by atoms with Crippen molar-refractivity contribution in [2.45, 2.75) is 0 Å². The van der Waals surface area contributed by atoms with Gasteiger partial charge in [-0.25, -0.2) is 0 Å². The molecular weight excluding hydrogens is 876 g/mol. The fourth-order valence-electron chi connectivity index (χ4n) is 5.66. The molecule has 6 aromatic carbocycles. The van der Waals surface area contributed by atoms with E-state index in [1.807, 2.05) is 36.4 Å². The Morgan fingerprint density at radius 2 is 0.508 bits per heavy atom.